The molecule has 2 saturated heterocycles. The zero-order valence-corrected chi connectivity index (χ0v) is 30.3. The number of ether oxygens (including phenoxy) is 3. The van der Waals surface area contributed by atoms with Crippen LogP contribution in [0.15, 0.2) is 59.5 Å². The van der Waals surface area contributed by atoms with Crippen molar-refractivity contribution in [2.45, 2.75) is 80.7 Å². The normalized spacial score (nSPS) is 18.2. The summed E-state index contributed by atoms with van der Waals surface area (Å²) in [5.41, 5.74) is 6.95. The molecule has 0 spiro atoms. The maximum atomic E-state index is 13.4. The molecule has 52 heavy (non-hydrogen) atoms. The molecule has 2 fully saturated rings. The van der Waals surface area contributed by atoms with Crippen molar-refractivity contribution in [3.05, 3.63) is 93.5 Å². The van der Waals surface area contributed by atoms with E-state index < -0.39 is 45.8 Å². The van der Waals surface area contributed by atoms with Crippen LogP contribution in [-0.2, 0) is 45.5 Å². The first-order valence-corrected chi connectivity index (χ1v) is 18.9. The number of hydrogen-bond donors (Lipinski definition) is 1. The number of amides is 1. The second-order valence-electron chi connectivity index (χ2n) is 13.5. The molecule has 0 saturated carbocycles. The van der Waals surface area contributed by atoms with E-state index in [9.17, 15) is 35.2 Å². The minimum absolute atomic E-state index is 0. The van der Waals surface area contributed by atoms with Crippen LogP contribution in [0.5, 0.6) is 5.75 Å². The zero-order valence-electron chi connectivity index (χ0n) is 28.6. The van der Waals surface area contributed by atoms with E-state index >= 15 is 0 Å². The Hall–Kier alpha value is -3.30. The van der Waals surface area contributed by atoms with E-state index in [1.54, 1.807) is 0 Å². The highest BCUT2D eigenvalue weighted by Gasteiger charge is 2.58. The Labute approximate surface area is 306 Å². The maximum absolute atomic E-state index is 13.4. The lowest BCUT2D eigenvalue weighted by Gasteiger charge is -2.23. The van der Waals surface area contributed by atoms with Crippen LogP contribution in [0.4, 0.5) is 22.0 Å². The second-order valence-corrected chi connectivity index (χ2v) is 15.5. The molecular formula is C37H42ClF5N2O6S. The molecule has 4 aliphatic heterocycles. The van der Waals surface area contributed by atoms with E-state index in [0.717, 1.165) is 86.2 Å². The monoisotopic (exact) mass is 772 g/mol. The van der Waals surface area contributed by atoms with Gasteiger partial charge in [-0.3, -0.25) is 4.79 Å². The summed E-state index contributed by atoms with van der Waals surface area (Å²) in [4.78, 5) is 14.4. The van der Waals surface area contributed by atoms with Crippen LogP contribution in [0.1, 0.15) is 81.3 Å². The Kier molecular flexibility index (Phi) is 12.6. The van der Waals surface area contributed by atoms with Gasteiger partial charge in [-0.2, -0.15) is 22.0 Å². The van der Waals surface area contributed by atoms with Crippen molar-refractivity contribution in [3.8, 4) is 5.75 Å². The number of carbonyl (C=O) groups is 1. The van der Waals surface area contributed by atoms with Gasteiger partial charge in [-0.05, 0) is 89.1 Å². The molecule has 15 heteroatoms. The van der Waals surface area contributed by atoms with Crippen molar-refractivity contribution in [2.75, 3.05) is 39.3 Å². The third kappa shape index (κ3) is 9.25. The van der Waals surface area contributed by atoms with Gasteiger partial charge in [0, 0.05) is 58.9 Å². The number of hydrogen-bond acceptors (Lipinski definition) is 7. The molecule has 0 atom stereocenters. The number of benzene rings is 3. The third-order valence-corrected chi connectivity index (χ3v) is 11.0. The van der Waals surface area contributed by atoms with E-state index in [-0.39, 0.29) is 30.4 Å². The van der Waals surface area contributed by atoms with Gasteiger partial charge < -0.3 is 24.4 Å². The maximum Gasteiger partial charge on any atom is 0.456 e. The van der Waals surface area contributed by atoms with Crippen LogP contribution in [0.25, 0.3) is 0 Å². The first-order chi connectivity index (χ1) is 24.2. The fraction of sp³-hybridized carbons (Fsp3) is 0.486. The summed E-state index contributed by atoms with van der Waals surface area (Å²) < 4.78 is 104. The fourth-order valence-corrected chi connectivity index (χ4v) is 7.54. The quantitative estimate of drug-likeness (QED) is 0.252. The molecule has 7 rings (SSSR count). The summed E-state index contributed by atoms with van der Waals surface area (Å²) in [6.45, 7) is 3.58. The Bertz CT molecular complexity index is 1850. The predicted octanol–water partition coefficient (Wildman–Crippen LogP) is 7.32. The number of rotatable bonds is 7. The van der Waals surface area contributed by atoms with Crippen LogP contribution in [0, 0.1) is 0 Å². The van der Waals surface area contributed by atoms with Gasteiger partial charge in [-0.25, -0.2) is 8.42 Å². The van der Waals surface area contributed by atoms with Gasteiger partial charge in [-0.15, -0.1) is 12.4 Å². The molecule has 1 N–H and O–H groups in total. The molecule has 0 bridgehead atoms. The molecule has 1 amide bonds. The number of alkyl halides is 5. The molecule has 0 radical (unpaired) electrons. The Morgan fingerprint density at radius 2 is 1.33 bits per heavy atom. The van der Waals surface area contributed by atoms with Gasteiger partial charge in [0.2, 0.25) is 0 Å². The van der Waals surface area contributed by atoms with Crippen LogP contribution >= 0.6 is 12.4 Å². The summed E-state index contributed by atoms with van der Waals surface area (Å²) >= 11 is 0. The number of fused-ring (bicyclic) bond motifs is 2. The highest BCUT2D eigenvalue weighted by Crippen LogP contribution is 2.38. The molecule has 0 aromatic heterocycles. The average Bonchev–Trinajstić information content (AvgIpc) is 3.77. The van der Waals surface area contributed by atoms with E-state index in [2.05, 4.69) is 23.5 Å². The molecule has 284 valence electrons. The number of nitrogens with one attached hydrogen (secondary N) is 1. The number of carbonyl (C=O) groups excluding carboxylic acids is 1. The lowest BCUT2D eigenvalue weighted by molar-refractivity contribution is -0.290. The first-order valence-electron chi connectivity index (χ1n) is 17.0. The topological polar surface area (TPSA) is 94.2 Å². The van der Waals surface area contributed by atoms with Crippen molar-refractivity contribution >= 4 is 28.2 Å². The van der Waals surface area contributed by atoms with Crippen molar-refractivity contribution < 1.29 is 49.4 Å². The third-order valence-electron chi connectivity index (χ3n) is 9.92. The molecule has 3 aromatic rings. The summed E-state index contributed by atoms with van der Waals surface area (Å²) in [6.07, 6.45) is -0.828. The van der Waals surface area contributed by atoms with Crippen LogP contribution < -0.4 is 10.1 Å². The molecular weight excluding hydrogens is 731 g/mol. The highest BCUT2D eigenvalue weighted by molar-refractivity contribution is 7.90. The number of halogens is 6. The summed E-state index contributed by atoms with van der Waals surface area (Å²) in [7, 11) is -3.80. The second kappa shape index (κ2) is 16.4. The molecule has 0 unspecified atom stereocenters. The highest BCUT2D eigenvalue weighted by atomic mass is 35.5. The van der Waals surface area contributed by atoms with Crippen LogP contribution in [0.2, 0.25) is 0 Å². The lowest BCUT2D eigenvalue weighted by atomic mass is 9.90. The van der Waals surface area contributed by atoms with Gasteiger partial charge in [0.1, 0.15) is 5.75 Å². The minimum atomic E-state index is -5.84. The van der Waals surface area contributed by atoms with Crippen LogP contribution in [-0.4, -0.2) is 70.6 Å². The van der Waals surface area contributed by atoms with Gasteiger partial charge in [0.15, 0.2) is 16.4 Å². The largest absolute Gasteiger partial charge is 0.486 e. The SMILES string of the molecule is CS(=O)(=O)c1ccc(OCC(F)(F)C(F)(F)F)c(C(=O)N2Cc3ccc(C4CCOCC4)cc3C2)c1.Cl.c1cc2c(cc1C1CCOCC1)CNC2. The number of sulfone groups is 1. The van der Waals surface area contributed by atoms with E-state index in [1.165, 1.54) is 34.4 Å². The fourth-order valence-electron chi connectivity index (χ4n) is 6.90. The zero-order chi connectivity index (χ0) is 36.4. The van der Waals surface area contributed by atoms with Crippen molar-refractivity contribution in [2.24, 2.45) is 0 Å². The first kappa shape index (κ1) is 39.9. The Morgan fingerprint density at radius 3 is 1.90 bits per heavy atom. The Morgan fingerprint density at radius 1 is 0.788 bits per heavy atom. The molecule has 8 nitrogen and oxygen atoms in total. The number of nitrogens with zero attached hydrogens (tertiary/aromatic N) is 1. The van der Waals surface area contributed by atoms with E-state index in [1.807, 2.05) is 18.2 Å². The summed E-state index contributed by atoms with van der Waals surface area (Å²) in [5, 5.41) is 3.39. The standard InChI is InChI=1S/C24H24F5NO5S.C13H17NO.ClH/c1-36(32,33)19-4-5-21(35-14-23(25,26)24(27,28)29)20(11-19)22(31)30-12-17-3-2-16(10-18(17)13-30)15-6-8-34-9-7-15;1-2-12-8-14-9-13(12)7-11(1)10-3-5-15-6-4-10;/h2-5,10-11,15H,6-9,12-14H2,1H3;1-2,7,10,14H,3-6,8-9H2;1H. The van der Waals surface area contributed by atoms with Crippen molar-refractivity contribution in [3.63, 3.8) is 0 Å². The predicted molar refractivity (Wildman–Crippen MR) is 186 cm³/mol. The van der Waals surface area contributed by atoms with Gasteiger partial charge in [0.05, 0.1) is 10.5 Å². The summed E-state index contributed by atoms with van der Waals surface area (Å²) in [6, 6.07) is 15.7. The smallest absolute Gasteiger partial charge is 0.456 e. The molecule has 0 aliphatic carbocycles. The molecule has 4 aliphatic rings. The van der Waals surface area contributed by atoms with E-state index in [4.69, 9.17) is 14.2 Å². The van der Waals surface area contributed by atoms with Crippen LogP contribution in [0.3, 0.4) is 0 Å². The van der Waals surface area contributed by atoms with Gasteiger partial charge in [0.25, 0.3) is 5.91 Å². The Balaban J connectivity index is 0.000000270. The minimum Gasteiger partial charge on any atom is -0.486 e. The van der Waals surface area contributed by atoms with Gasteiger partial charge >= 0.3 is 12.1 Å². The molecule has 3 aromatic carbocycles. The van der Waals surface area contributed by atoms with Crippen molar-refractivity contribution in [1.82, 2.24) is 10.2 Å². The van der Waals surface area contributed by atoms with E-state index in [0.29, 0.717) is 19.1 Å². The lowest BCUT2D eigenvalue weighted by Crippen LogP contribution is -2.42. The summed E-state index contributed by atoms with van der Waals surface area (Å²) in [5.74, 6) is -5.40. The molecule has 4 heterocycles. The average molecular weight is 773 g/mol. The van der Waals surface area contributed by atoms with Gasteiger partial charge in [-0.1, -0.05) is 36.4 Å². The van der Waals surface area contributed by atoms with Crippen molar-refractivity contribution in [1.29, 1.82) is 0 Å².